The lowest BCUT2D eigenvalue weighted by Crippen LogP contribution is -2.03. The maximum absolute atomic E-state index is 3.58. The van der Waals surface area contributed by atoms with Crippen LogP contribution in [0.1, 0.15) is 25.3 Å². The Hall–Kier alpha value is 0.180. The first kappa shape index (κ1) is 10.3. The predicted octanol–water partition coefficient (Wildman–Crippen LogP) is 4.34. The number of hydrogen-bond acceptors (Lipinski definition) is 0. The molecular weight excluding hydrogens is 280 g/mol. The third kappa shape index (κ3) is 2.60. The first-order chi connectivity index (χ1) is 5.61. The van der Waals surface area contributed by atoms with Gasteiger partial charge in [0.15, 0.2) is 0 Å². The minimum atomic E-state index is 0.527. The number of benzene rings is 1. The van der Waals surface area contributed by atoms with Gasteiger partial charge in [-0.25, -0.2) is 0 Å². The van der Waals surface area contributed by atoms with Crippen molar-refractivity contribution in [2.24, 2.45) is 0 Å². The summed E-state index contributed by atoms with van der Waals surface area (Å²) in [5.41, 5.74) is 1.38. The normalized spacial score (nSPS) is 15.7. The molecule has 12 heavy (non-hydrogen) atoms. The van der Waals surface area contributed by atoms with Crippen molar-refractivity contribution in [3.8, 4) is 0 Å². The molecule has 66 valence electrons. The second kappa shape index (κ2) is 4.43. The largest absolute Gasteiger partial charge is 0.0887 e. The van der Waals surface area contributed by atoms with Crippen LogP contribution in [-0.4, -0.2) is 4.83 Å². The maximum Gasteiger partial charge on any atom is 0.0183 e. The average Bonchev–Trinajstić information content (AvgIpc) is 2.04. The van der Waals surface area contributed by atoms with E-state index in [0.717, 1.165) is 4.47 Å². The average molecular weight is 292 g/mol. The second-order valence-corrected chi connectivity index (χ2v) is 5.38. The van der Waals surface area contributed by atoms with Gasteiger partial charge in [-0.3, -0.25) is 0 Å². The highest BCUT2D eigenvalue weighted by Crippen LogP contribution is 2.25. The van der Waals surface area contributed by atoms with Crippen molar-refractivity contribution in [3.63, 3.8) is 0 Å². The van der Waals surface area contributed by atoms with Crippen LogP contribution in [0.25, 0.3) is 0 Å². The Morgan fingerprint density at radius 2 is 1.58 bits per heavy atom. The van der Waals surface area contributed by atoms with Gasteiger partial charge >= 0.3 is 0 Å². The lowest BCUT2D eigenvalue weighted by Gasteiger charge is -2.14. The topological polar surface area (TPSA) is 0 Å². The summed E-state index contributed by atoms with van der Waals surface area (Å²) in [6.45, 7) is 4.40. The molecule has 0 aliphatic rings. The van der Waals surface area contributed by atoms with E-state index in [1.165, 1.54) is 5.56 Å². The van der Waals surface area contributed by atoms with Crippen LogP contribution in [-0.2, 0) is 0 Å². The summed E-state index contributed by atoms with van der Waals surface area (Å²) in [6, 6.07) is 8.49. The van der Waals surface area contributed by atoms with Crippen molar-refractivity contribution in [2.45, 2.75) is 24.6 Å². The van der Waals surface area contributed by atoms with Crippen LogP contribution in [0.2, 0.25) is 0 Å². The van der Waals surface area contributed by atoms with Gasteiger partial charge in [0.05, 0.1) is 0 Å². The molecule has 0 fully saturated rings. The fourth-order valence-electron chi connectivity index (χ4n) is 1.03. The van der Waals surface area contributed by atoms with E-state index in [1.807, 2.05) is 0 Å². The monoisotopic (exact) mass is 290 g/mol. The molecule has 0 saturated carbocycles. The zero-order valence-corrected chi connectivity index (χ0v) is 10.4. The van der Waals surface area contributed by atoms with Crippen LogP contribution in [0.4, 0.5) is 0 Å². The first-order valence-corrected chi connectivity index (χ1v) is 5.71. The molecular formula is C10H12Br2. The summed E-state index contributed by atoms with van der Waals surface area (Å²) in [4.78, 5) is 0.527. The highest BCUT2D eigenvalue weighted by atomic mass is 79.9. The lowest BCUT2D eigenvalue weighted by molar-refractivity contribution is 0.761. The SMILES string of the molecule is CC(Br)C(C)c1ccc(Br)cc1. The van der Waals surface area contributed by atoms with Gasteiger partial charge in [-0.15, -0.1) is 0 Å². The summed E-state index contributed by atoms with van der Waals surface area (Å²) in [5, 5.41) is 0. The van der Waals surface area contributed by atoms with Crippen LogP contribution in [0.3, 0.4) is 0 Å². The summed E-state index contributed by atoms with van der Waals surface area (Å²) in [6.07, 6.45) is 0. The molecule has 0 nitrogen and oxygen atoms in total. The molecule has 0 saturated heterocycles. The lowest BCUT2D eigenvalue weighted by atomic mass is 9.99. The number of rotatable bonds is 2. The van der Waals surface area contributed by atoms with Gasteiger partial charge in [0.25, 0.3) is 0 Å². The van der Waals surface area contributed by atoms with Crippen molar-refractivity contribution in [3.05, 3.63) is 34.3 Å². The van der Waals surface area contributed by atoms with E-state index in [1.54, 1.807) is 0 Å². The summed E-state index contributed by atoms with van der Waals surface area (Å²) >= 11 is 7.00. The van der Waals surface area contributed by atoms with Gasteiger partial charge in [0, 0.05) is 9.30 Å². The molecule has 0 amide bonds. The van der Waals surface area contributed by atoms with Crippen molar-refractivity contribution >= 4 is 31.9 Å². The van der Waals surface area contributed by atoms with Crippen LogP contribution >= 0.6 is 31.9 Å². The molecule has 0 aliphatic heterocycles. The molecule has 0 radical (unpaired) electrons. The molecule has 0 spiro atoms. The van der Waals surface area contributed by atoms with Gasteiger partial charge in [-0.1, -0.05) is 57.8 Å². The molecule has 0 bridgehead atoms. The number of alkyl halides is 1. The van der Waals surface area contributed by atoms with Crippen LogP contribution in [0.5, 0.6) is 0 Å². The van der Waals surface area contributed by atoms with Crippen molar-refractivity contribution in [1.29, 1.82) is 0 Å². The fraction of sp³-hybridized carbons (Fsp3) is 0.400. The van der Waals surface area contributed by atoms with Gasteiger partial charge in [-0.2, -0.15) is 0 Å². The van der Waals surface area contributed by atoms with E-state index >= 15 is 0 Å². The smallest absolute Gasteiger partial charge is 0.0183 e. The summed E-state index contributed by atoms with van der Waals surface area (Å²) in [5.74, 6) is 0.568. The molecule has 2 heteroatoms. The molecule has 0 N–H and O–H groups in total. The van der Waals surface area contributed by atoms with E-state index in [9.17, 15) is 0 Å². The third-order valence-electron chi connectivity index (χ3n) is 2.08. The second-order valence-electron chi connectivity index (χ2n) is 3.02. The standard InChI is InChI=1S/C10H12Br2/c1-7(8(2)11)9-3-5-10(12)6-4-9/h3-8H,1-2H3. The molecule has 0 aliphatic carbocycles. The van der Waals surface area contributed by atoms with Crippen LogP contribution in [0, 0.1) is 0 Å². The van der Waals surface area contributed by atoms with Crippen molar-refractivity contribution in [2.75, 3.05) is 0 Å². The summed E-state index contributed by atoms with van der Waals surface area (Å²) in [7, 11) is 0. The van der Waals surface area contributed by atoms with E-state index in [-0.39, 0.29) is 0 Å². The molecule has 0 aromatic heterocycles. The fourth-order valence-corrected chi connectivity index (χ4v) is 1.60. The van der Waals surface area contributed by atoms with Gasteiger partial charge in [0.2, 0.25) is 0 Å². The highest BCUT2D eigenvalue weighted by Gasteiger charge is 2.10. The Kier molecular flexibility index (Phi) is 3.78. The summed E-state index contributed by atoms with van der Waals surface area (Å²) < 4.78 is 1.14. The minimum Gasteiger partial charge on any atom is -0.0887 e. The van der Waals surface area contributed by atoms with Crippen LogP contribution < -0.4 is 0 Å². The highest BCUT2D eigenvalue weighted by molar-refractivity contribution is 9.10. The molecule has 2 atom stereocenters. The third-order valence-corrected chi connectivity index (χ3v) is 3.41. The Balaban J connectivity index is 2.82. The molecule has 1 aromatic rings. The van der Waals surface area contributed by atoms with Crippen molar-refractivity contribution < 1.29 is 0 Å². The van der Waals surface area contributed by atoms with E-state index in [4.69, 9.17) is 0 Å². The first-order valence-electron chi connectivity index (χ1n) is 4.01. The Morgan fingerprint density at radius 3 is 2.00 bits per heavy atom. The van der Waals surface area contributed by atoms with Gasteiger partial charge in [-0.05, 0) is 23.6 Å². The molecule has 2 unspecified atom stereocenters. The Morgan fingerprint density at radius 1 is 1.08 bits per heavy atom. The Labute approximate surface area is 90.6 Å². The Bertz CT molecular complexity index is 239. The quantitative estimate of drug-likeness (QED) is 0.711. The molecule has 0 heterocycles. The zero-order chi connectivity index (χ0) is 9.14. The number of halogens is 2. The number of hydrogen-bond donors (Lipinski definition) is 0. The van der Waals surface area contributed by atoms with Gasteiger partial charge < -0.3 is 0 Å². The van der Waals surface area contributed by atoms with E-state index in [0.29, 0.717) is 10.7 Å². The predicted molar refractivity (Wildman–Crippen MR) is 60.9 cm³/mol. The maximum atomic E-state index is 3.58. The molecule has 1 aromatic carbocycles. The molecule has 1 rings (SSSR count). The van der Waals surface area contributed by atoms with E-state index in [2.05, 4.69) is 70.0 Å². The van der Waals surface area contributed by atoms with Crippen LogP contribution in [0.15, 0.2) is 28.7 Å². The minimum absolute atomic E-state index is 0.527. The van der Waals surface area contributed by atoms with Gasteiger partial charge in [0.1, 0.15) is 0 Å². The zero-order valence-electron chi connectivity index (χ0n) is 7.22. The van der Waals surface area contributed by atoms with E-state index < -0.39 is 0 Å². The van der Waals surface area contributed by atoms with Crippen molar-refractivity contribution in [1.82, 2.24) is 0 Å².